The Bertz CT molecular complexity index is 1810. The van der Waals surface area contributed by atoms with Crippen molar-refractivity contribution in [2.45, 2.75) is 50.4 Å². The highest BCUT2D eigenvalue weighted by Gasteiger charge is 2.39. The summed E-state index contributed by atoms with van der Waals surface area (Å²) < 4.78 is 22.6. The van der Waals surface area contributed by atoms with Crippen LogP contribution in [-0.4, -0.2) is 55.6 Å². The molecule has 43 heavy (non-hydrogen) atoms. The molecule has 0 unspecified atom stereocenters. The lowest BCUT2D eigenvalue weighted by Crippen LogP contribution is -2.51. The second kappa shape index (κ2) is 10.3. The van der Waals surface area contributed by atoms with E-state index in [9.17, 15) is 15.2 Å². The number of halogens is 1. The van der Waals surface area contributed by atoms with Crippen LogP contribution in [0.25, 0.3) is 22.5 Å². The quantitative estimate of drug-likeness (QED) is 0.338. The van der Waals surface area contributed by atoms with Gasteiger partial charge in [0.05, 0.1) is 43.0 Å². The predicted octanol–water partition coefficient (Wildman–Crippen LogP) is 3.83. The number of aromatic nitrogens is 4. The number of hydrogen-bond acceptors (Lipinski definition) is 8. The smallest absolute Gasteiger partial charge is 0.260 e. The number of amides is 1. The third kappa shape index (κ3) is 4.87. The second-order valence-corrected chi connectivity index (χ2v) is 11.8. The SMILES string of the molecule is Cn1cnnc1-c1cc(C#N)ccc1-c1cc(C2CC2)nc(N2Cc3c(F)cc(CN[C@]4(C)COC[C@@H]4O)cc3C2=O)c1. The molecule has 4 heterocycles. The van der Waals surface area contributed by atoms with Gasteiger partial charge >= 0.3 is 0 Å². The number of aliphatic hydroxyl groups is 1. The van der Waals surface area contributed by atoms with Gasteiger partial charge in [-0.25, -0.2) is 9.37 Å². The second-order valence-electron chi connectivity index (χ2n) is 11.8. The van der Waals surface area contributed by atoms with E-state index in [0.717, 1.165) is 35.2 Å². The van der Waals surface area contributed by atoms with E-state index in [2.05, 4.69) is 21.6 Å². The molecule has 2 aromatic heterocycles. The average molecular weight is 580 g/mol. The van der Waals surface area contributed by atoms with Gasteiger partial charge in [-0.15, -0.1) is 10.2 Å². The van der Waals surface area contributed by atoms with Gasteiger partial charge in [0, 0.05) is 41.9 Å². The van der Waals surface area contributed by atoms with Crippen LogP contribution in [0.15, 0.2) is 48.8 Å². The van der Waals surface area contributed by atoms with Crippen molar-refractivity contribution in [3.8, 4) is 28.6 Å². The Balaban J connectivity index is 1.24. The molecule has 1 saturated carbocycles. The lowest BCUT2D eigenvalue weighted by atomic mass is 9.96. The summed E-state index contributed by atoms with van der Waals surface area (Å²) in [4.78, 5) is 20.2. The van der Waals surface area contributed by atoms with Crippen molar-refractivity contribution in [1.82, 2.24) is 25.1 Å². The van der Waals surface area contributed by atoms with Crippen molar-refractivity contribution in [2.24, 2.45) is 7.05 Å². The standard InChI is InChI=1S/C32H30FN7O3/c1-32(16-43-15-28(32)41)35-13-19-8-24-25(26(33)9-19)14-40(31(24)42)29-11-21(10-27(37-29)20-4-5-20)22-6-3-18(12-34)7-23(22)30-38-36-17-39(30)2/h3,6-11,17,20,28,35,41H,4-5,13-16H2,1-2H3/t28-,32+/m0/s1. The first-order valence-corrected chi connectivity index (χ1v) is 14.3. The number of nitriles is 1. The van der Waals surface area contributed by atoms with Gasteiger partial charge in [0.2, 0.25) is 0 Å². The van der Waals surface area contributed by atoms with Gasteiger partial charge in [0.1, 0.15) is 18.0 Å². The van der Waals surface area contributed by atoms with Gasteiger partial charge in [0.15, 0.2) is 5.82 Å². The Morgan fingerprint density at radius 3 is 2.72 bits per heavy atom. The minimum atomic E-state index is -0.673. The number of anilines is 1. The average Bonchev–Trinajstić information content (AvgIpc) is 3.58. The molecule has 10 nitrogen and oxygen atoms in total. The molecule has 2 fully saturated rings. The molecule has 7 rings (SSSR count). The fourth-order valence-electron chi connectivity index (χ4n) is 5.84. The molecule has 3 aliphatic rings. The molecule has 2 aromatic carbocycles. The Morgan fingerprint density at radius 1 is 1.19 bits per heavy atom. The summed E-state index contributed by atoms with van der Waals surface area (Å²) >= 11 is 0. The van der Waals surface area contributed by atoms with Crippen LogP contribution in [0.1, 0.15) is 58.4 Å². The molecule has 1 saturated heterocycles. The number of benzene rings is 2. The van der Waals surface area contributed by atoms with Crippen molar-refractivity contribution < 1.29 is 19.0 Å². The maximum absolute atomic E-state index is 15.4. The molecular weight excluding hydrogens is 549 g/mol. The van der Waals surface area contributed by atoms with Crippen LogP contribution >= 0.6 is 0 Å². The zero-order chi connectivity index (χ0) is 29.9. The van der Waals surface area contributed by atoms with Crippen LogP contribution in [-0.2, 0) is 24.9 Å². The van der Waals surface area contributed by atoms with Gasteiger partial charge in [-0.2, -0.15) is 5.26 Å². The number of hydrogen-bond donors (Lipinski definition) is 2. The normalized spacial score (nSPS) is 21.3. The maximum atomic E-state index is 15.4. The fraction of sp³-hybridized carbons (Fsp3) is 0.344. The Morgan fingerprint density at radius 2 is 2.02 bits per heavy atom. The number of nitrogens with zero attached hydrogens (tertiary/aromatic N) is 6. The number of aryl methyl sites for hydroxylation is 1. The Hall–Kier alpha value is -4.50. The summed E-state index contributed by atoms with van der Waals surface area (Å²) in [6.07, 6.45) is 2.95. The van der Waals surface area contributed by atoms with E-state index in [-0.39, 0.29) is 25.6 Å². The minimum absolute atomic E-state index is 0.0715. The summed E-state index contributed by atoms with van der Waals surface area (Å²) in [6.45, 7) is 2.80. The number of carbonyl (C=O) groups is 1. The van der Waals surface area contributed by atoms with E-state index < -0.39 is 17.5 Å². The molecule has 0 bridgehead atoms. The van der Waals surface area contributed by atoms with Gasteiger partial charge in [-0.05, 0) is 72.9 Å². The monoisotopic (exact) mass is 579 g/mol. The molecule has 2 N–H and O–H groups in total. The Labute approximate surface area is 247 Å². The van der Waals surface area contributed by atoms with E-state index in [0.29, 0.717) is 46.4 Å². The topological polar surface area (TPSA) is 129 Å². The minimum Gasteiger partial charge on any atom is -0.389 e. The molecule has 11 heteroatoms. The van der Waals surface area contributed by atoms with Crippen LogP contribution < -0.4 is 10.2 Å². The van der Waals surface area contributed by atoms with Crippen LogP contribution in [0.5, 0.6) is 0 Å². The lowest BCUT2D eigenvalue weighted by Gasteiger charge is -2.27. The van der Waals surface area contributed by atoms with E-state index in [1.807, 2.05) is 32.2 Å². The highest BCUT2D eigenvalue weighted by Crippen LogP contribution is 2.43. The molecule has 1 amide bonds. The van der Waals surface area contributed by atoms with Crippen molar-refractivity contribution in [3.63, 3.8) is 0 Å². The fourth-order valence-corrected chi connectivity index (χ4v) is 5.84. The van der Waals surface area contributed by atoms with Crippen molar-refractivity contribution in [1.29, 1.82) is 5.26 Å². The van der Waals surface area contributed by atoms with E-state index in [1.165, 1.54) is 11.0 Å². The summed E-state index contributed by atoms with van der Waals surface area (Å²) in [5.74, 6) is 0.587. The van der Waals surface area contributed by atoms with E-state index in [4.69, 9.17) is 9.72 Å². The highest BCUT2D eigenvalue weighted by molar-refractivity contribution is 6.10. The van der Waals surface area contributed by atoms with Crippen molar-refractivity contribution in [2.75, 3.05) is 18.1 Å². The summed E-state index contributed by atoms with van der Waals surface area (Å²) in [7, 11) is 1.84. The van der Waals surface area contributed by atoms with Gasteiger partial charge in [0.25, 0.3) is 5.91 Å². The Kier molecular flexibility index (Phi) is 6.58. The van der Waals surface area contributed by atoms with Crippen LogP contribution in [0.3, 0.4) is 0 Å². The highest BCUT2D eigenvalue weighted by atomic mass is 19.1. The number of ether oxygens (including phenoxy) is 1. The van der Waals surface area contributed by atoms with E-state index >= 15 is 4.39 Å². The summed E-state index contributed by atoms with van der Waals surface area (Å²) in [5.41, 5.74) is 4.37. The number of nitrogens with one attached hydrogen (secondary N) is 1. The lowest BCUT2D eigenvalue weighted by molar-refractivity contribution is 0.0994. The van der Waals surface area contributed by atoms with Gasteiger partial charge < -0.3 is 19.7 Å². The first kappa shape index (κ1) is 27.3. The van der Waals surface area contributed by atoms with Gasteiger partial charge in [-0.3, -0.25) is 9.69 Å². The molecule has 0 radical (unpaired) electrons. The number of fused-ring (bicyclic) bond motifs is 1. The molecule has 0 spiro atoms. The molecule has 4 aromatic rings. The third-order valence-corrected chi connectivity index (χ3v) is 8.67. The number of rotatable bonds is 7. The molecular formula is C32H30FN7O3. The summed E-state index contributed by atoms with van der Waals surface area (Å²) in [6, 6.07) is 14.7. The number of carbonyl (C=O) groups excluding carboxylic acids is 1. The molecule has 2 aliphatic heterocycles. The first-order valence-electron chi connectivity index (χ1n) is 14.3. The third-order valence-electron chi connectivity index (χ3n) is 8.67. The molecule has 218 valence electrons. The van der Waals surface area contributed by atoms with Crippen LogP contribution in [0.2, 0.25) is 0 Å². The van der Waals surface area contributed by atoms with Crippen molar-refractivity contribution >= 4 is 11.7 Å². The zero-order valence-corrected chi connectivity index (χ0v) is 23.8. The summed E-state index contributed by atoms with van der Waals surface area (Å²) in [5, 5.41) is 31.4. The van der Waals surface area contributed by atoms with Crippen molar-refractivity contribution in [3.05, 3.63) is 82.6 Å². The van der Waals surface area contributed by atoms with Crippen LogP contribution in [0.4, 0.5) is 10.2 Å². The zero-order valence-electron chi connectivity index (χ0n) is 23.8. The van der Waals surface area contributed by atoms with Gasteiger partial charge in [-0.1, -0.05) is 6.07 Å². The van der Waals surface area contributed by atoms with Crippen LogP contribution in [0, 0.1) is 17.1 Å². The molecule has 2 atom stereocenters. The molecule has 1 aliphatic carbocycles. The number of aliphatic hydroxyl groups excluding tert-OH is 1. The predicted molar refractivity (Wildman–Crippen MR) is 155 cm³/mol. The van der Waals surface area contributed by atoms with E-state index in [1.54, 1.807) is 29.1 Å². The maximum Gasteiger partial charge on any atom is 0.260 e. The largest absolute Gasteiger partial charge is 0.389 e. The first-order chi connectivity index (χ1) is 20.7. The number of pyridine rings is 1.